The van der Waals surface area contributed by atoms with Gasteiger partial charge in [-0.15, -0.1) is 0 Å². The molecule has 0 aliphatic heterocycles. The Morgan fingerprint density at radius 2 is 1.95 bits per heavy atom. The molecule has 0 aliphatic carbocycles. The van der Waals surface area contributed by atoms with Crippen LogP contribution in [-0.2, 0) is 6.54 Å². The zero-order valence-corrected chi connectivity index (χ0v) is 13.4. The SMILES string of the molecule is CCN(CC)CCNC(=O)N(C)Cc1ccc2nonc2c1. The third kappa shape index (κ3) is 4.17. The molecule has 22 heavy (non-hydrogen) atoms. The normalized spacial score (nSPS) is 11.1. The number of likely N-dealkylation sites (N-methyl/N-ethyl adjacent to an activating group) is 1. The second-order valence-electron chi connectivity index (χ2n) is 5.20. The zero-order valence-electron chi connectivity index (χ0n) is 13.4. The number of hydrogen-bond acceptors (Lipinski definition) is 5. The third-order valence-corrected chi connectivity index (χ3v) is 3.68. The monoisotopic (exact) mass is 305 g/mol. The van der Waals surface area contributed by atoms with Crippen molar-refractivity contribution in [3.05, 3.63) is 23.8 Å². The average Bonchev–Trinajstić information content (AvgIpc) is 2.99. The molecule has 2 aromatic rings. The van der Waals surface area contributed by atoms with Gasteiger partial charge in [-0.2, -0.15) is 0 Å². The molecular formula is C15H23N5O2. The fourth-order valence-corrected chi connectivity index (χ4v) is 2.27. The summed E-state index contributed by atoms with van der Waals surface area (Å²) in [4.78, 5) is 16.0. The largest absolute Gasteiger partial charge is 0.337 e. The molecular weight excluding hydrogens is 282 g/mol. The Morgan fingerprint density at radius 1 is 1.23 bits per heavy atom. The maximum atomic E-state index is 12.1. The number of nitrogens with zero attached hydrogens (tertiary/aromatic N) is 4. The molecule has 0 radical (unpaired) electrons. The number of hydrogen-bond donors (Lipinski definition) is 1. The van der Waals surface area contributed by atoms with Crippen molar-refractivity contribution in [2.45, 2.75) is 20.4 Å². The molecule has 2 rings (SSSR count). The minimum Gasteiger partial charge on any atom is -0.337 e. The summed E-state index contributed by atoms with van der Waals surface area (Å²) in [7, 11) is 1.78. The van der Waals surface area contributed by atoms with Crippen LogP contribution in [0.2, 0.25) is 0 Å². The molecule has 0 saturated heterocycles. The Kier molecular flexibility index (Phi) is 5.71. The van der Waals surface area contributed by atoms with Gasteiger partial charge in [-0.25, -0.2) is 9.42 Å². The van der Waals surface area contributed by atoms with Crippen LogP contribution in [0.15, 0.2) is 22.8 Å². The van der Waals surface area contributed by atoms with Gasteiger partial charge in [0.05, 0.1) is 0 Å². The fourth-order valence-electron chi connectivity index (χ4n) is 2.27. The van der Waals surface area contributed by atoms with E-state index in [2.05, 4.69) is 39.0 Å². The molecule has 7 nitrogen and oxygen atoms in total. The lowest BCUT2D eigenvalue weighted by atomic mass is 10.2. The number of amides is 2. The highest BCUT2D eigenvalue weighted by atomic mass is 16.6. The van der Waals surface area contributed by atoms with E-state index in [0.717, 1.165) is 30.7 Å². The Hall–Kier alpha value is -2.15. The Balaban J connectivity index is 1.82. The van der Waals surface area contributed by atoms with Crippen LogP contribution in [-0.4, -0.2) is 59.4 Å². The van der Waals surface area contributed by atoms with Crippen molar-refractivity contribution in [3.63, 3.8) is 0 Å². The van der Waals surface area contributed by atoms with Gasteiger partial charge in [0.2, 0.25) is 0 Å². The second-order valence-corrected chi connectivity index (χ2v) is 5.20. The number of nitrogens with one attached hydrogen (secondary N) is 1. The van der Waals surface area contributed by atoms with Gasteiger partial charge < -0.3 is 15.1 Å². The summed E-state index contributed by atoms with van der Waals surface area (Å²) >= 11 is 0. The van der Waals surface area contributed by atoms with Gasteiger partial charge in [-0.1, -0.05) is 19.9 Å². The van der Waals surface area contributed by atoms with Gasteiger partial charge >= 0.3 is 6.03 Å². The van der Waals surface area contributed by atoms with E-state index in [-0.39, 0.29) is 6.03 Å². The molecule has 1 aromatic carbocycles. The predicted molar refractivity (Wildman–Crippen MR) is 84.5 cm³/mol. The number of aromatic nitrogens is 2. The first-order valence-electron chi connectivity index (χ1n) is 7.56. The number of carbonyl (C=O) groups excluding carboxylic acids is 1. The molecule has 0 unspecified atom stereocenters. The van der Waals surface area contributed by atoms with Gasteiger partial charge in [0.25, 0.3) is 0 Å². The van der Waals surface area contributed by atoms with Crippen molar-refractivity contribution in [2.24, 2.45) is 0 Å². The van der Waals surface area contributed by atoms with Gasteiger partial charge in [0, 0.05) is 26.7 Å². The molecule has 0 aliphatic rings. The molecule has 120 valence electrons. The smallest absolute Gasteiger partial charge is 0.317 e. The first-order chi connectivity index (χ1) is 10.6. The maximum Gasteiger partial charge on any atom is 0.317 e. The molecule has 2 amide bonds. The maximum absolute atomic E-state index is 12.1. The van der Waals surface area contributed by atoms with E-state index < -0.39 is 0 Å². The summed E-state index contributed by atoms with van der Waals surface area (Å²) in [6, 6.07) is 5.57. The summed E-state index contributed by atoms with van der Waals surface area (Å²) < 4.78 is 4.67. The standard InChI is InChI=1S/C15H23N5O2/c1-4-20(5-2)9-8-16-15(21)19(3)11-12-6-7-13-14(10-12)18-22-17-13/h6-7,10H,4-5,8-9,11H2,1-3H3,(H,16,21). The lowest BCUT2D eigenvalue weighted by Crippen LogP contribution is -2.41. The number of carbonyl (C=O) groups is 1. The van der Waals surface area contributed by atoms with Crippen molar-refractivity contribution in [1.82, 2.24) is 25.4 Å². The Labute approximate surface area is 130 Å². The zero-order chi connectivity index (χ0) is 15.9. The molecule has 0 saturated carbocycles. The van der Waals surface area contributed by atoms with Gasteiger partial charge in [0.1, 0.15) is 11.0 Å². The topological polar surface area (TPSA) is 74.5 Å². The number of benzene rings is 1. The molecule has 0 fully saturated rings. The van der Waals surface area contributed by atoms with E-state index in [0.29, 0.717) is 18.6 Å². The predicted octanol–water partition coefficient (Wildman–Crippen LogP) is 1.71. The quantitative estimate of drug-likeness (QED) is 0.843. The lowest BCUT2D eigenvalue weighted by Gasteiger charge is -2.21. The highest BCUT2D eigenvalue weighted by molar-refractivity contribution is 5.75. The minimum atomic E-state index is -0.0782. The second kappa shape index (κ2) is 7.74. The van der Waals surface area contributed by atoms with E-state index in [9.17, 15) is 4.79 Å². The van der Waals surface area contributed by atoms with Crippen molar-refractivity contribution < 1.29 is 9.42 Å². The minimum absolute atomic E-state index is 0.0782. The van der Waals surface area contributed by atoms with Gasteiger partial charge in [-0.05, 0) is 41.1 Å². The molecule has 0 bridgehead atoms. The summed E-state index contributed by atoms with van der Waals surface area (Å²) in [6.45, 7) is 8.25. The van der Waals surface area contributed by atoms with Crippen LogP contribution < -0.4 is 5.32 Å². The highest BCUT2D eigenvalue weighted by Gasteiger charge is 2.10. The molecule has 1 heterocycles. The average molecular weight is 305 g/mol. The summed E-state index contributed by atoms with van der Waals surface area (Å²) in [5.41, 5.74) is 2.41. The Morgan fingerprint density at radius 3 is 2.68 bits per heavy atom. The van der Waals surface area contributed by atoms with Crippen LogP contribution in [0, 0.1) is 0 Å². The Bertz CT molecular complexity index is 609. The summed E-state index contributed by atoms with van der Waals surface area (Å²) in [5.74, 6) is 0. The summed E-state index contributed by atoms with van der Waals surface area (Å²) in [5, 5.41) is 10.5. The van der Waals surface area contributed by atoms with E-state index in [1.165, 1.54) is 0 Å². The van der Waals surface area contributed by atoms with Gasteiger partial charge in [-0.3, -0.25) is 0 Å². The van der Waals surface area contributed by atoms with Crippen LogP contribution in [0.4, 0.5) is 4.79 Å². The van der Waals surface area contributed by atoms with E-state index in [1.54, 1.807) is 11.9 Å². The highest BCUT2D eigenvalue weighted by Crippen LogP contribution is 2.12. The van der Waals surface area contributed by atoms with Crippen LogP contribution >= 0.6 is 0 Å². The van der Waals surface area contributed by atoms with Gasteiger partial charge in [0.15, 0.2) is 0 Å². The van der Waals surface area contributed by atoms with Crippen LogP contribution in [0.25, 0.3) is 11.0 Å². The number of fused-ring (bicyclic) bond motifs is 1. The third-order valence-electron chi connectivity index (χ3n) is 3.68. The van der Waals surface area contributed by atoms with Crippen molar-refractivity contribution in [2.75, 3.05) is 33.2 Å². The van der Waals surface area contributed by atoms with Crippen LogP contribution in [0.3, 0.4) is 0 Å². The molecule has 0 atom stereocenters. The first kappa shape index (κ1) is 16.2. The van der Waals surface area contributed by atoms with E-state index in [1.807, 2.05) is 18.2 Å². The van der Waals surface area contributed by atoms with Crippen molar-refractivity contribution >= 4 is 17.1 Å². The van der Waals surface area contributed by atoms with Crippen molar-refractivity contribution in [1.29, 1.82) is 0 Å². The van der Waals surface area contributed by atoms with E-state index >= 15 is 0 Å². The van der Waals surface area contributed by atoms with Crippen molar-refractivity contribution in [3.8, 4) is 0 Å². The number of urea groups is 1. The van der Waals surface area contributed by atoms with Crippen LogP contribution in [0.5, 0.6) is 0 Å². The van der Waals surface area contributed by atoms with E-state index in [4.69, 9.17) is 0 Å². The lowest BCUT2D eigenvalue weighted by molar-refractivity contribution is 0.204. The molecule has 1 N–H and O–H groups in total. The molecule has 0 spiro atoms. The fraction of sp³-hybridized carbons (Fsp3) is 0.533. The van der Waals surface area contributed by atoms with Crippen LogP contribution in [0.1, 0.15) is 19.4 Å². The molecule has 1 aromatic heterocycles. The number of rotatable bonds is 7. The summed E-state index contributed by atoms with van der Waals surface area (Å²) in [6.07, 6.45) is 0. The molecule has 7 heteroatoms. The first-order valence-corrected chi connectivity index (χ1v) is 7.56.